The molecular formula is C30H44ClNO5S. The zero-order valence-electron chi connectivity index (χ0n) is 23.6. The molecule has 38 heavy (non-hydrogen) atoms. The van der Waals surface area contributed by atoms with Crippen molar-refractivity contribution in [2.24, 2.45) is 17.3 Å². The quantitative estimate of drug-likeness (QED) is 0.178. The molecule has 2 N–H and O–H groups in total. The normalized spacial score (nSPS) is 30.4. The van der Waals surface area contributed by atoms with Gasteiger partial charge in [-0.25, -0.2) is 4.98 Å². The van der Waals surface area contributed by atoms with Crippen molar-refractivity contribution in [1.29, 1.82) is 0 Å². The monoisotopic (exact) mass is 565 g/mol. The summed E-state index contributed by atoms with van der Waals surface area (Å²) in [6, 6.07) is 0. The van der Waals surface area contributed by atoms with E-state index in [-0.39, 0.29) is 18.1 Å². The lowest BCUT2D eigenvalue weighted by Gasteiger charge is -2.35. The number of hydrogen-bond donors (Lipinski definition) is 2. The molecule has 0 aromatic carbocycles. The second-order valence-corrected chi connectivity index (χ2v) is 12.5. The standard InChI is InChI=1S/C30H44ClNO5S/c1-19-10-9-11-20(2)28(35)24(12-7-8-15-31)29(36)30(5,6)26(33)17-27(34)37-25(14-13-19)21(3)16-23-18-38-22(4)32-23/h9,11,13,16,18,20,24-26,28,33,35H,7-8,10,12,14-15,17H2,1-6H3/b11-9+,19-13-,21-16+/t20-,24?,25-,26-,28-/m0/s1. The first-order valence-corrected chi connectivity index (χ1v) is 14.9. The Morgan fingerprint density at radius 3 is 2.61 bits per heavy atom. The van der Waals surface area contributed by atoms with Crippen molar-refractivity contribution in [2.75, 3.05) is 5.88 Å². The summed E-state index contributed by atoms with van der Waals surface area (Å²) in [5.41, 5.74) is 1.52. The van der Waals surface area contributed by atoms with Gasteiger partial charge in [0.1, 0.15) is 11.9 Å². The maximum atomic E-state index is 13.7. The number of carbonyl (C=O) groups excluding carboxylic acids is 2. The summed E-state index contributed by atoms with van der Waals surface area (Å²) in [7, 11) is 0. The Morgan fingerprint density at radius 1 is 1.26 bits per heavy atom. The zero-order valence-corrected chi connectivity index (χ0v) is 25.1. The van der Waals surface area contributed by atoms with Crippen LogP contribution in [-0.2, 0) is 14.3 Å². The lowest BCUT2D eigenvalue weighted by atomic mass is 9.71. The average molecular weight is 566 g/mol. The maximum absolute atomic E-state index is 13.7. The zero-order chi connectivity index (χ0) is 28.5. The minimum atomic E-state index is -1.26. The molecule has 0 bridgehead atoms. The molecule has 1 aliphatic heterocycles. The van der Waals surface area contributed by atoms with Gasteiger partial charge in [0.15, 0.2) is 0 Å². The first-order chi connectivity index (χ1) is 17.9. The minimum absolute atomic E-state index is 0.252. The van der Waals surface area contributed by atoms with Gasteiger partial charge >= 0.3 is 5.97 Å². The number of hydrogen-bond acceptors (Lipinski definition) is 7. The molecule has 0 aliphatic carbocycles. The second kappa shape index (κ2) is 15.1. The van der Waals surface area contributed by atoms with Crippen molar-refractivity contribution in [3.8, 4) is 0 Å². The number of allylic oxidation sites excluding steroid dienone is 2. The summed E-state index contributed by atoms with van der Waals surface area (Å²) < 4.78 is 5.85. The van der Waals surface area contributed by atoms with Crippen molar-refractivity contribution in [1.82, 2.24) is 4.98 Å². The Bertz CT molecular complexity index is 1030. The van der Waals surface area contributed by atoms with Crippen LogP contribution in [0.5, 0.6) is 0 Å². The lowest BCUT2D eigenvalue weighted by molar-refractivity contribution is -0.154. The van der Waals surface area contributed by atoms with E-state index in [1.807, 2.05) is 51.3 Å². The van der Waals surface area contributed by atoms with E-state index in [9.17, 15) is 19.8 Å². The Morgan fingerprint density at radius 2 is 1.97 bits per heavy atom. The fraction of sp³-hybridized carbons (Fsp3) is 0.633. The molecule has 5 atom stereocenters. The highest BCUT2D eigenvalue weighted by atomic mass is 35.5. The van der Waals surface area contributed by atoms with Crippen LogP contribution in [0.2, 0.25) is 0 Å². The molecule has 1 aliphatic rings. The summed E-state index contributed by atoms with van der Waals surface area (Å²) in [4.78, 5) is 31.2. The number of carbonyl (C=O) groups is 2. The number of alkyl halides is 1. The second-order valence-electron chi connectivity index (χ2n) is 11.0. The number of ketones is 1. The third kappa shape index (κ3) is 9.44. The van der Waals surface area contributed by atoms with Crippen LogP contribution in [0.1, 0.15) is 83.8 Å². The summed E-state index contributed by atoms with van der Waals surface area (Å²) in [6.45, 7) is 11.0. The van der Waals surface area contributed by atoms with Crippen LogP contribution in [0, 0.1) is 24.2 Å². The van der Waals surface area contributed by atoms with Crippen LogP contribution in [0.15, 0.2) is 34.8 Å². The molecule has 0 radical (unpaired) electrons. The summed E-state index contributed by atoms with van der Waals surface area (Å²) >= 11 is 7.41. The molecular weight excluding hydrogens is 522 g/mol. The van der Waals surface area contributed by atoms with E-state index >= 15 is 0 Å². The van der Waals surface area contributed by atoms with Gasteiger partial charge < -0.3 is 14.9 Å². The highest BCUT2D eigenvalue weighted by Crippen LogP contribution is 2.34. The van der Waals surface area contributed by atoms with E-state index in [0.717, 1.165) is 28.3 Å². The Labute approximate surface area is 236 Å². The first-order valence-electron chi connectivity index (χ1n) is 13.4. The van der Waals surface area contributed by atoms with Crippen LogP contribution >= 0.6 is 22.9 Å². The number of cyclic esters (lactones) is 1. The van der Waals surface area contributed by atoms with E-state index in [2.05, 4.69) is 11.1 Å². The van der Waals surface area contributed by atoms with Gasteiger partial charge in [-0.2, -0.15) is 0 Å². The van der Waals surface area contributed by atoms with Gasteiger partial charge in [-0.05, 0) is 51.7 Å². The molecule has 1 unspecified atom stereocenters. The summed E-state index contributed by atoms with van der Waals surface area (Å²) in [5.74, 6) is -1.28. The van der Waals surface area contributed by atoms with E-state index in [1.165, 1.54) is 0 Å². The molecule has 1 aromatic rings. The molecule has 0 amide bonds. The van der Waals surface area contributed by atoms with E-state index in [0.29, 0.717) is 31.6 Å². The van der Waals surface area contributed by atoms with Gasteiger partial charge in [0.2, 0.25) is 0 Å². The number of esters is 1. The number of aliphatic hydroxyl groups excluding tert-OH is 2. The van der Waals surface area contributed by atoms with Gasteiger partial charge in [-0.15, -0.1) is 22.9 Å². The third-order valence-electron chi connectivity index (χ3n) is 7.37. The smallest absolute Gasteiger partial charge is 0.309 e. The minimum Gasteiger partial charge on any atom is -0.457 e. The van der Waals surface area contributed by atoms with Crippen LogP contribution in [0.4, 0.5) is 0 Å². The number of unbranched alkanes of at least 4 members (excludes halogenated alkanes) is 1. The Balaban J connectivity index is 2.39. The maximum Gasteiger partial charge on any atom is 0.309 e. The number of nitrogens with zero attached hydrogens (tertiary/aromatic N) is 1. The summed E-state index contributed by atoms with van der Waals surface area (Å²) in [6.07, 6.45) is 7.98. The molecule has 0 saturated carbocycles. The van der Waals surface area contributed by atoms with E-state index in [4.69, 9.17) is 16.3 Å². The molecule has 8 heteroatoms. The predicted molar refractivity (Wildman–Crippen MR) is 155 cm³/mol. The van der Waals surface area contributed by atoms with Crippen molar-refractivity contribution in [2.45, 2.75) is 98.4 Å². The van der Waals surface area contributed by atoms with Gasteiger partial charge in [-0.3, -0.25) is 9.59 Å². The average Bonchev–Trinajstić information content (AvgIpc) is 3.27. The Hall–Kier alpha value is -1.80. The molecule has 6 nitrogen and oxygen atoms in total. The van der Waals surface area contributed by atoms with Crippen molar-refractivity contribution in [3.63, 3.8) is 0 Å². The molecule has 0 spiro atoms. The molecule has 212 valence electrons. The number of halogens is 1. The largest absolute Gasteiger partial charge is 0.457 e. The molecule has 2 heterocycles. The van der Waals surface area contributed by atoms with Crippen LogP contribution in [0.25, 0.3) is 6.08 Å². The third-order valence-corrected chi connectivity index (χ3v) is 8.43. The first kappa shape index (κ1) is 32.4. The topological polar surface area (TPSA) is 96.7 Å². The van der Waals surface area contributed by atoms with Gasteiger partial charge in [0.05, 0.1) is 34.7 Å². The fourth-order valence-electron chi connectivity index (χ4n) is 4.62. The number of aromatic nitrogens is 1. The van der Waals surface area contributed by atoms with Gasteiger partial charge in [0.25, 0.3) is 0 Å². The van der Waals surface area contributed by atoms with Crippen LogP contribution in [-0.4, -0.2) is 51.1 Å². The number of aliphatic hydroxyl groups is 2. The number of thiazole rings is 1. The number of Topliss-reactive ketones (excluding diaryl/α,β-unsaturated/α-hetero) is 1. The Kier molecular flexibility index (Phi) is 12.9. The lowest BCUT2D eigenvalue weighted by Crippen LogP contribution is -2.46. The van der Waals surface area contributed by atoms with Crippen LogP contribution < -0.4 is 0 Å². The highest BCUT2D eigenvalue weighted by Gasteiger charge is 2.43. The van der Waals surface area contributed by atoms with Crippen molar-refractivity contribution < 1.29 is 24.5 Å². The number of ether oxygens (including phenoxy) is 1. The predicted octanol–water partition coefficient (Wildman–Crippen LogP) is 6.43. The fourth-order valence-corrected chi connectivity index (χ4v) is 5.38. The SMILES string of the molecule is C/C1=C/C[C@@H](/C(C)=C/c2csc(C)n2)OC(=O)C[C@H](O)C(C)(C)C(=O)C(CCCCCl)[C@@H](O)[C@@H](C)/C=C/C1. The molecule has 1 aromatic heterocycles. The van der Waals surface area contributed by atoms with Crippen molar-refractivity contribution >= 4 is 40.8 Å². The highest BCUT2D eigenvalue weighted by molar-refractivity contribution is 7.09. The number of rotatable bonds is 6. The molecule has 0 saturated heterocycles. The van der Waals surface area contributed by atoms with E-state index < -0.39 is 35.6 Å². The van der Waals surface area contributed by atoms with Crippen LogP contribution in [0.3, 0.4) is 0 Å². The van der Waals surface area contributed by atoms with Gasteiger partial charge in [0, 0.05) is 29.5 Å². The van der Waals surface area contributed by atoms with Gasteiger partial charge in [-0.1, -0.05) is 51.0 Å². The summed E-state index contributed by atoms with van der Waals surface area (Å²) in [5, 5.41) is 25.1. The molecule has 0 fully saturated rings. The molecule has 2 rings (SSSR count). The van der Waals surface area contributed by atoms with E-state index in [1.54, 1.807) is 25.2 Å². The van der Waals surface area contributed by atoms with Crippen molar-refractivity contribution in [3.05, 3.63) is 45.5 Å². The number of aryl methyl sites for hydroxylation is 1.